The smallest absolute Gasteiger partial charge is 0.0934 e. The van der Waals surface area contributed by atoms with E-state index in [4.69, 9.17) is 9.47 Å². The number of likely N-dealkylation sites (N-methyl/N-ethyl adjacent to an activating group) is 1. The van der Waals surface area contributed by atoms with Crippen LogP contribution in [0.2, 0.25) is 0 Å². The summed E-state index contributed by atoms with van der Waals surface area (Å²) in [4.78, 5) is 2.23. The van der Waals surface area contributed by atoms with Gasteiger partial charge in [-0.3, -0.25) is 0 Å². The van der Waals surface area contributed by atoms with Crippen LogP contribution in [0, 0.1) is 23.7 Å². The third kappa shape index (κ3) is 34.7. The number of allylic oxidation sites excluding steroid dienone is 4. The van der Waals surface area contributed by atoms with E-state index in [2.05, 4.69) is 84.8 Å². The van der Waals surface area contributed by atoms with Crippen LogP contribution in [0.5, 0.6) is 0 Å². The summed E-state index contributed by atoms with van der Waals surface area (Å²) >= 11 is 0. The van der Waals surface area contributed by atoms with Gasteiger partial charge < -0.3 is 14.4 Å². The molecule has 0 aromatic heterocycles. The van der Waals surface area contributed by atoms with E-state index in [9.17, 15) is 0 Å². The van der Waals surface area contributed by atoms with E-state index >= 15 is 0 Å². The zero-order valence-electron chi connectivity index (χ0n) is 32.8. The number of ether oxygens (including phenoxy) is 2. The molecule has 0 spiro atoms. The summed E-state index contributed by atoms with van der Waals surface area (Å²) < 4.78 is 12.4. The van der Waals surface area contributed by atoms with Crippen LogP contribution in [0.25, 0.3) is 0 Å². The van der Waals surface area contributed by atoms with Gasteiger partial charge in [0.1, 0.15) is 0 Å². The van der Waals surface area contributed by atoms with Gasteiger partial charge in [0.05, 0.1) is 12.7 Å². The second kappa shape index (κ2) is 34.2. The van der Waals surface area contributed by atoms with Crippen molar-refractivity contribution in [3.8, 4) is 0 Å². The molecule has 0 aliphatic heterocycles. The highest BCUT2D eigenvalue weighted by Crippen LogP contribution is 2.23. The van der Waals surface area contributed by atoms with Gasteiger partial charge in [-0.05, 0) is 82.7 Å². The summed E-state index contributed by atoms with van der Waals surface area (Å²) in [5.74, 6) is 3.38. The Labute approximate surface area is 291 Å². The molecule has 0 fully saturated rings. The summed E-state index contributed by atoms with van der Waals surface area (Å²) in [7, 11) is 4.27. The molecule has 0 saturated heterocycles. The Bertz CT molecular complexity index is 657. The summed E-state index contributed by atoms with van der Waals surface area (Å²) in [5, 5.41) is 0. The highest BCUT2D eigenvalue weighted by Gasteiger charge is 2.13. The van der Waals surface area contributed by atoms with E-state index in [-0.39, 0.29) is 6.10 Å². The molecule has 4 atom stereocenters. The number of nitrogens with zero attached hydrogens (tertiary/aromatic N) is 1. The second-order valence-corrected chi connectivity index (χ2v) is 15.7. The predicted octanol–water partition coefficient (Wildman–Crippen LogP) is 13.2. The molecular formula is C43H85NO2. The van der Waals surface area contributed by atoms with Crippen molar-refractivity contribution in [2.24, 2.45) is 23.7 Å². The number of unbranched alkanes of at least 4 members (excludes halogenated alkanes) is 9. The van der Waals surface area contributed by atoms with Gasteiger partial charge in [0.15, 0.2) is 0 Å². The van der Waals surface area contributed by atoms with Crippen molar-refractivity contribution >= 4 is 0 Å². The van der Waals surface area contributed by atoms with Crippen LogP contribution in [-0.4, -0.2) is 51.5 Å². The van der Waals surface area contributed by atoms with Crippen LogP contribution in [0.4, 0.5) is 0 Å². The zero-order chi connectivity index (χ0) is 34.1. The molecule has 46 heavy (non-hydrogen) atoms. The third-order valence-corrected chi connectivity index (χ3v) is 9.59. The van der Waals surface area contributed by atoms with Crippen molar-refractivity contribution in [1.29, 1.82) is 0 Å². The van der Waals surface area contributed by atoms with E-state index in [0.29, 0.717) is 0 Å². The average molecular weight is 648 g/mol. The van der Waals surface area contributed by atoms with Gasteiger partial charge >= 0.3 is 0 Å². The highest BCUT2D eigenvalue weighted by atomic mass is 16.5. The Kier molecular flexibility index (Phi) is 33.8. The maximum Gasteiger partial charge on any atom is 0.0934 e. The van der Waals surface area contributed by atoms with Crippen molar-refractivity contribution in [3.63, 3.8) is 0 Å². The Morgan fingerprint density at radius 2 is 1.02 bits per heavy atom. The van der Waals surface area contributed by atoms with E-state index in [0.717, 1.165) is 62.9 Å². The highest BCUT2D eigenvalue weighted by molar-refractivity contribution is 4.92. The fraction of sp³-hybridized carbons (Fsp3) is 0.907. The molecule has 0 radical (unpaired) electrons. The van der Waals surface area contributed by atoms with Gasteiger partial charge in [0.25, 0.3) is 0 Å². The third-order valence-electron chi connectivity index (χ3n) is 9.59. The predicted molar refractivity (Wildman–Crippen MR) is 207 cm³/mol. The Hall–Kier alpha value is -0.640. The standard InChI is InChI=1S/C43H85NO2/c1-9-10-11-12-13-14-15-16-17-18-19-20-21-22-23-24-35-45-38-43(37-44(7)8)46-36-34-42(6)33-27-32-41(5)31-26-30-40(4)29-25-28-39(2)3/h13-14,16-17,39-43H,9-12,15,18-38H2,1-8H3. The molecule has 274 valence electrons. The van der Waals surface area contributed by atoms with Crippen LogP contribution in [0.3, 0.4) is 0 Å². The minimum atomic E-state index is 0.180. The first-order chi connectivity index (χ1) is 22.2. The van der Waals surface area contributed by atoms with Crippen LogP contribution in [-0.2, 0) is 9.47 Å². The van der Waals surface area contributed by atoms with Crippen LogP contribution in [0.15, 0.2) is 24.3 Å². The normalized spacial score (nSPS) is 15.1. The molecule has 0 rings (SSSR count). The second-order valence-electron chi connectivity index (χ2n) is 15.7. The fourth-order valence-electron chi connectivity index (χ4n) is 6.34. The Morgan fingerprint density at radius 3 is 1.57 bits per heavy atom. The lowest BCUT2D eigenvalue weighted by molar-refractivity contribution is -0.0311. The first kappa shape index (κ1) is 45.4. The minimum absolute atomic E-state index is 0.180. The van der Waals surface area contributed by atoms with Crippen molar-refractivity contribution in [2.75, 3.05) is 40.5 Å². The molecule has 0 aliphatic rings. The molecule has 0 aliphatic carbocycles. The van der Waals surface area contributed by atoms with Crippen molar-refractivity contribution in [1.82, 2.24) is 4.90 Å². The van der Waals surface area contributed by atoms with Crippen molar-refractivity contribution in [3.05, 3.63) is 24.3 Å². The van der Waals surface area contributed by atoms with E-state index in [1.165, 1.54) is 128 Å². The summed E-state index contributed by atoms with van der Waals surface area (Å²) in [6, 6.07) is 0. The molecule has 0 heterocycles. The number of hydrogen-bond donors (Lipinski definition) is 0. The zero-order valence-corrected chi connectivity index (χ0v) is 32.8. The topological polar surface area (TPSA) is 21.7 Å². The van der Waals surface area contributed by atoms with E-state index < -0.39 is 0 Å². The summed E-state index contributed by atoms with van der Waals surface area (Å²) in [5.41, 5.74) is 0. The van der Waals surface area contributed by atoms with E-state index in [1.54, 1.807) is 0 Å². The van der Waals surface area contributed by atoms with Gasteiger partial charge in [-0.2, -0.15) is 0 Å². The monoisotopic (exact) mass is 648 g/mol. The average Bonchev–Trinajstić information content (AvgIpc) is 3.00. The molecule has 4 unspecified atom stereocenters. The van der Waals surface area contributed by atoms with Crippen LogP contribution >= 0.6 is 0 Å². The first-order valence-electron chi connectivity index (χ1n) is 20.4. The van der Waals surface area contributed by atoms with Gasteiger partial charge in [-0.15, -0.1) is 0 Å². The van der Waals surface area contributed by atoms with Crippen molar-refractivity contribution in [2.45, 2.75) is 189 Å². The number of hydrogen-bond acceptors (Lipinski definition) is 3. The summed E-state index contributed by atoms with van der Waals surface area (Å²) in [6.45, 7) is 17.7. The van der Waals surface area contributed by atoms with Gasteiger partial charge in [-0.1, -0.05) is 162 Å². The molecule has 0 bridgehead atoms. The molecule has 0 amide bonds. The lowest BCUT2D eigenvalue weighted by Crippen LogP contribution is -2.33. The Morgan fingerprint density at radius 1 is 0.522 bits per heavy atom. The molecule has 3 heteroatoms. The molecule has 0 aromatic carbocycles. The summed E-state index contributed by atoms with van der Waals surface area (Å²) in [6.07, 6.45) is 38.7. The van der Waals surface area contributed by atoms with Gasteiger partial charge in [-0.25, -0.2) is 0 Å². The molecule has 0 N–H and O–H groups in total. The van der Waals surface area contributed by atoms with Gasteiger partial charge in [0.2, 0.25) is 0 Å². The van der Waals surface area contributed by atoms with E-state index in [1.807, 2.05) is 0 Å². The fourth-order valence-corrected chi connectivity index (χ4v) is 6.34. The molecular weight excluding hydrogens is 562 g/mol. The SMILES string of the molecule is CCCCCC=CCC=CCCCCCCCCOCC(CN(C)C)OCCC(C)CCCC(C)CCCC(C)CCCC(C)C. The van der Waals surface area contributed by atoms with Crippen molar-refractivity contribution < 1.29 is 9.47 Å². The molecule has 3 nitrogen and oxygen atoms in total. The number of rotatable bonds is 35. The van der Waals surface area contributed by atoms with Crippen LogP contribution in [0.1, 0.15) is 183 Å². The lowest BCUT2D eigenvalue weighted by atomic mass is 9.91. The first-order valence-corrected chi connectivity index (χ1v) is 20.4. The van der Waals surface area contributed by atoms with Gasteiger partial charge in [0, 0.05) is 19.8 Å². The Balaban J connectivity index is 3.78. The lowest BCUT2D eigenvalue weighted by Gasteiger charge is -2.22. The molecule has 0 saturated carbocycles. The maximum absolute atomic E-state index is 6.32. The maximum atomic E-state index is 6.32. The molecule has 0 aromatic rings. The van der Waals surface area contributed by atoms with Crippen LogP contribution < -0.4 is 0 Å². The minimum Gasteiger partial charge on any atom is -0.379 e. The quantitative estimate of drug-likeness (QED) is 0.0504. The largest absolute Gasteiger partial charge is 0.379 e.